The van der Waals surface area contributed by atoms with Crippen molar-refractivity contribution in [3.8, 4) is 0 Å². The molecular formula is C15H18F3N5. The molecule has 1 fully saturated rings. The Hall–Kier alpha value is -2.09. The van der Waals surface area contributed by atoms with E-state index in [-0.39, 0.29) is 22.8 Å². The van der Waals surface area contributed by atoms with Gasteiger partial charge in [-0.05, 0) is 13.5 Å². The molecule has 5 nitrogen and oxygen atoms in total. The van der Waals surface area contributed by atoms with E-state index in [0.29, 0.717) is 26.2 Å². The summed E-state index contributed by atoms with van der Waals surface area (Å²) < 4.78 is 43.7. The van der Waals surface area contributed by atoms with Gasteiger partial charge in [-0.1, -0.05) is 6.92 Å². The number of hydrogen-bond donors (Lipinski definition) is 1. The lowest BCUT2D eigenvalue weighted by Gasteiger charge is -2.35. The highest BCUT2D eigenvalue weighted by molar-refractivity contribution is 5.92. The summed E-state index contributed by atoms with van der Waals surface area (Å²) in [4.78, 5) is 11.4. The molecule has 0 radical (unpaired) electrons. The number of likely N-dealkylation sites (N-methyl/N-ethyl adjacent to an activating group) is 1. The van der Waals surface area contributed by atoms with Crippen LogP contribution in [0.25, 0.3) is 10.9 Å². The Labute approximate surface area is 131 Å². The van der Waals surface area contributed by atoms with E-state index in [4.69, 9.17) is 5.73 Å². The SMILES string of the molecule is CCN1CCN(c2c(F)c(F)c3c(N)nc(C)nc3c2F)CC1. The van der Waals surface area contributed by atoms with Gasteiger partial charge in [-0.2, -0.15) is 0 Å². The largest absolute Gasteiger partial charge is 0.383 e. The van der Waals surface area contributed by atoms with Crippen molar-refractivity contribution in [2.45, 2.75) is 13.8 Å². The van der Waals surface area contributed by atoms with Crippen LogP contribution in [0.3, 0.4) is 0 Å². The Morgan fingerprint density at radius 3 is 2.26 bits per heavy atom. The first-order valence-corrected chi connectivity index (χ1v) is 7.51. The van der Waals surface area contributed by atoms with Crippen molar-refractivity contribution in [3.05, 3.63) is 23.3 Å². The maximum Gasteiger partial charge on any atom is 0.186 e. The fourth-order valence-electron chi connectivity index (χ4n) is 2.96. The molecule has 0 aliphatic carbocycles. The quantitative estimate of drug-likeness (QED) is 0.857. The lowest BCUT2D eigenvalue weighted by atomic mass is 10.1. The molecule has 124 valence electrons. The maximum atomic E-state index is 14.8. The number of fused-ring (bicyclic) bond motifs is 1. The molecule has 0 atom stereocenters. The normalized spacial score (nSPS) is 16.3. The van der Waals surface area contributed by atoms with Crippen molar-refractivity contribution in [1.82, 2.24) is 14.9 Å². The average molecular weight is 325 g/mol. The fraction of sp³-hybridized carbons (Fsp3) is 0.467. The molecule has 1 aliphatic rings. The van der Waals surface area contributed by atoms with Gasteiger partial charge < -0.3 is 15.5 Å². The minimum Gasteiger partial charge on any atom is -0.383 e. The summed E-state index contributed by atoms with van der Waals surface area (Å²) in [7, 11) is 0. The second kappa shape index (κ2) is 5.84. The molecule has 1 saturated heterocycles. The summed E-state index contributed by atoms with van der Waals surface area (Å²) in [6, 6.07) is 0. The van der Waals surface area contributed by atoms with Gasteiger partial charge >= 0.3 is 0 Å². The molecule has 0 unspecified atom stereocenters. The number of rotatable bonds is 2. The Bertz CT molecular complexity index is 757. The van der Waals surface area contributed by atoms with E-state index in [2.05, 4.69) is 14.9 Å². The zero-order chi connectivity index (χ0) is 16.7. The van der Waals surface area contributed by atoms with Gasteiger partial charge in [-0.3, -0.25) is 0 Å². The van der Waals surface area contributed by atoms with Gasteiger partial charge in [0.15, 0.2) is 17.5 Å². The second-order valence-electron chi connectivity index (χ2n) is 5.59. The van der Waals surface area contributed by atoms with Gasteiger partial charge in [0, 0.05) is 26.2 Å². The van der Waals surface area contributed by atoms with Crippen LogP contribution in [-0.2, 0) is 0 Å². The molecule has 3 rings (SSSR count). The summed E-state index contributed by atoms with van der Waals surface area (Å²) in [5, 5.41) is -0.401. The second-order valence-corrected chi connectivity index (χ2v) is 5.59. The molecule has 0 amide bonds. The van der Waals surface area contributed by atoms with E-state index in [1.54, 1.807) is 0 Å². The minimum absolute atomic E-state index is 0.210. The Balaban J connectivity index is 2.15. The number of nitrogens with two attached hydrogens (primary N) is 1. The molecule has 2 N–H and O–H groups in total. The van der Waals surface area contributed by atoms with Crippen LogP contribution >= 0.6 is 0 Å². The van der Waals surface area contributed by atoms with Crippen LogP contribution < -0.4 is 10.6 Å². The maximum absolute atomic E-state index is 14.8. The first-order chi connectivity index (χ1) is 10.9. The molecule has 1 aromatic carbocycles. The van der Waals surface area contributed by atoms with Crippen LogP contribution in [0.15, 0.2) is 0 Å². The number of aromatic nitrogens is 2. The van der Waals surface area contributed by atoms with Gasteiger partial charge in [-0.15, -0.1) is 0 Å². The molecule has 0 saturated carbocycles. The lowest BCUT2D eigenvalue weighted by molar-refractivity contribution is 0.269. The Morgan fingerprint density at radius 2 is 1.65 bits per heavy atom. The van der Waals surface area contributed by atoms with Gasteiger partial charge in [0.2, 0.25) is 0 Å². The van der Waals surface area contributed by atoms with Crippen LogP contribution in [0.1, 0.15) is 12.7 Å². The predicted octanol–water partition coefficient (Wildman–Crippen LogP) is 2.08. The van der Waals surface area contributed by atoms with E-state index < -0.39 is 22.8 Å². The molecule has 1 aromatic heterocycles. The van der Waals surface area contributed by atoms with Crippen molar-refractivity contribution in [2.24, 2.45) is 0 Å². The number of nitrogens with zero attached hydrogens (tertiary/aromatic N) is 4. The van der Waals surface area contributed by atoms with Gasteiger partial charge in [0.1, 0.15) is 22.8 Å². The third-order valence-corrected chi connectivity index (χ3v) is 4.22. The van der Waals surface area contributed by atoms with Crippen LogP contribution in [-0.4, -0.2) is 47.6 Å². The highest BCUT2D eigenvalue weighted by Gasteiger charge is 2.28. The molecule has 23 heavy (non-hydrogen) atoms. The zero-order valence-corrected chi connectivity index (χ0v) is 13.0. The minimum atomic E-state index is -1.24. The van der Waals surface area contributed by atoms with E-state index in [1.807, 2.05) is 6.92 Å². The van der Waals surface area contributed by atoms with Crippen molar-refractivity contribution in [3.63, 3.8) is 0 Å². The van der Waals surface area contributed by atoms with Gasteiger partial charge in [-0.25, -0.2) is 23.1 Å². The smallest absolute Gasteiger partial charge is 0.186 e. The Morgan fingerprint density at radius 1 is 1.00 bits per heavy atom. The number of hydrogen-bond acceptors (Lipinski definition) is 5. The number of halogens is 3. The topological polar surface area (TPSA) is 58.3 Å². The third kappa shape index (κ3) is 2.56. The van der Waals surface area contributed by atoms with E-state index in [1.165, 1.54) is 11.8 Å². The third-order valence-electron chi connectivity index (χ3n) is 4.22. The number of benzene rings is 1. The van der Waals surface area contributed by atoms with Gasteiger partial charge in [0.25, 0.3) is 0 Å². The number of piperazine rings is 1. The summed E-state index contributed by atoms with van der Waals surface area (Å²) in [5.41, 5.74) is 4.97. The highest BCUT2D eigenvalue weighted by Crippen LogP contribution is 2.35. The highest BCUT2D eigenvalue weighted by atomic mass is 19.2. The summed E-state index contributed by atoms with van der Waals surface area (Å²) in [5.74, 6) is -3.38. The van der Waals surface area contributed by atoms with Crippen molar-refractivity contribution < 1.29 is 13.2 Å². The Kier molecular flexibility index (Phi) is 4.01. The average Bonchev–Trinajstić information content (AvgIpc) is 2.53. The molecular weight excluding hydrogens is 307 g/mol. The summed E-state index contributed by atoms with van der Waals surface area (Å²) in [6.07, 6.45) is 0. The van der Waals surface area contributed by atoms with E-state index in [0.717, 1.165) is 6.54 Å². The molecule has 2 aromatic rings. The van der Waals surface area contributed by atoms with Crippen molar-refractivity contribution in [1.29, 1.82) is 0 Å². The number of anilines is 2. The van der Waals surface area contributed by atoms with Crippen LogP contribution in [0, 0.1) is 24.4 Å². The van der Waals surface area contributed by atoms with Crippen molar-refractivity contribution >= 4 is 22.4 Å². The standard InChI is InChI=1S/C15H18F3N5/c1-3-22-4-6-23(7-5-22)14-11(17)10(16)9-13(12(14)18)20-8(2)21-15(9)19/h3-7H2,1-2H3,(H2,19,20,21). The van der Waals surface area contributed by atoms with Crippen LogP contribution in [0.5, 0.6) is 0 Å². The molecule has 0 bridgehead atoms. The molecule has 0 spiro atoms. The number of nitrogen functional groups attached to an aromatic ring is 1. The fourth-order valence-corrected chi connectivity index (χ4v) is 2.96. The van der Waals surface area contributed by atoms with Crippen molar-refractivity contribution in [2.75, 3.05) is 43.4 Å². The van der Waals surface area contributed by atoms with Crippen LogP contribution in [0.4, 0.5) is 24.7 Å². The monoisotopic (exact) mass is 325 g/mol. The van der Waals surface area contributed by atoms with Gasteiger partial charge in [0.05, 0.1) is 5.39 Å². The first-order valence-electron chi connectivity index (χ1n) is 7.51. The summed E-state index contributed by atoms with van der Waals surface area (Å²) in [6.45, 7) is 6.59. The lowest BCUT2D eigenvalue weighted by Crippen LogP contribution is -2.46. The van der Waals surface area contributed by atoms with E-state index in [9.17, 15) is 13.2 Å². The van der Waals surface area contributed by atoms with Crippen LogP contribution in [0.2, 0.25) is 0 Å². The zero-order valence-electron chi connectivity index (χ0n) is 13.0. The molecule has 8 heteroatoms. The summed E-state index contributed by atoms with van der Waals surface area (Å²) >= 11 is 0. The molecule has 1 aliphatic heterocycles. The van der Waals surface area contributed by atoms with E-state index >= 15 is 0 Å². The molecule has 2 heterocycles. The first kappa shape index (κ1) is 15.8. The predicted molar refractivity (Wildman–Crippen MR) is 82.9 cm³/mol. The number of aryl methyl sites for hydroxylation is 1.